The summed E-state index contributed by atoms with van der Waals surface area (Å²) in [4.78, 5) is 8.07. The number of methoxy groups -OCH3 is 1. The molecule has 0 bridgehead atoms. The van der Waals surface area contributed by atoms with E-state index in [9.17, 15) is 0 Å². The van der Waals surface area contributed by atoms with Crippen LogP contribution in [0.15, 0.2) is 17.0 Å². The zero-order valence-electron chi connectivity index (χ0n) is 8.40. The molecule has 1 aromatic rings. The molecule has 1 fully saturated rings. The van der Waals surface area contributed by atoms with Crippen molar-refractivity contribution in [3.05, 3.63) is 17.0 Å². The fourth-order valence-corrected chi connectivity index (χ4v) is 1.98. The molecule has 15 heavy (non-hydrogen) atoms. The van der Waals surface area contributed by atoms with Gasteiger partial charge in [0.2, 0.25) is 0 Å². The van der Waals surface area contributed by atoms with Gasteiger partial charge in [0.1, 0.15) is 12.1 Å². The standard InChI is InChI=1S/C9H13BrN4O/c1-15-8-4-11-3-7(8)14-9-6(10)2-12-5-13-9/h2,5,7-8,11H,3-4H2,1H3,(H,12,13,14)/t7?,8-/m0/s1. The second-order valence-electron chi connectivity index (χ2n) is 3.40. The van der Waals surface area contributed by atoms with E-state index in [4.69, 9.17) is 4.74 Å². The number of anilines is 1. The van der Waals surface area contributed by atoms with E-state index in [0.717, 1.165) is 23.4 Å². The van der Waals surface area contributed by atoms with E-state index in [1.807, 2.05) is 0 Å². The number of hydrogen-bond donors (Lipinski definition) is 2. The van der Waals surface area contributed by atoms with Crippen molar-refractivity contribution in [2.24, 2.45) is 0 Å². The van der Waals surface area contributed by atoms with Crippen LogP contribution in [0.5, 0.6) is 0 Å². The summed E-state index contributed by atoms with van der Waals surface area (Å²) < 4.78 is 6.22. The predicted octanol–water partition coefficient (Wildman–Crippen LogP) is 0.638. The van der Waals surface area contributed by atoms with Gasteiger partial charge in [-0.05, 0) is 15.9 Å². The highest BCUT2D eigenvalue weighted by molar-refractivity contribution is 9.10. The largest absolute Gasteiger partial charge is 0.378 e. The van der Waals surface area contributed by atoms with Crippen molar-refractivity contribution < 1.29 is 4.74 Å². The fourth-order valence-electron chi connectivity index (χ4n) is 1.64. The maximum atomic E-state index is 5.35. The number of hydrogen-bond acceptors (Lipinski definition) is 5. The number of nitrogens with one attached hydrogen (secondary N) is 2. The molecule has 6 heteroatoms. The molecule has 2 atom stereocenters. The van der Waals surface area contributed by atoms with Crippen molar-refractivity contribution in [2.75, 3.05) is 25.5 Å². The highest BCUT2D eigenvalue weighted by atomic mass is 79.9. The van der Waals surface area contributed by atoms with Crippen molar-refractivity contribution in [1.82, 2.24) is 15.3 Å². The van der Waals surface area contributed by atoms with Crippen LogP contribution in [0.3, 0.4) is 0 Å². The van der Waals surface area contributed by atoms with Crippen molar-refractivity contribution in [2.45, 2.75) is 12.1 Å². The molecule has 5 nitrogen and oxygen atoms in total. The van der Waals surface area contributed by atoms with E-state index in [2.05, 4.69) is 36.5 Å². The normalized spacial score (nSPS) is 25.5. The van der Waals surface area contributed by atoms with Crippen LogP contribution in [0.1, 0.15) is 0 Å². The summed E-state index contributed by atoms with van der Waals surface area (Å²) in [5.74, 6) is 0.806. The molecule has 82 valence electrons. The van der Waals surface area contributed by atoms with Gasteiger partial charge in [-0.25, -0.2) is 9.97 Å². The molecular weight excluding hydrogens is 260 g/mol. The average Bonchev–Trinajstić information content (AvgIpc) is 2.69. The summed E-state index contributed by atoms with van der Waals surface area (Å²) in [7, 11) is 1.72. The van der Waals surface area contributed by atoms with Crippen LogP contribution in [-0.4, -0.2) is 42.3 Å². The van der Waals surface area contributed by atoms with Crippen molar-refractivity contribution >= 4 is 21.7 Å². The molecule has 0 aliphatic carbocycles. The Labute approximate surface area is 96.8 Å². The minimum Gasteiger partial charge on any atom is -0.378 e. The first-order valence-electron chi connectivity index (χ1n) is 4.77. The second-order valence-corrected chi connectivity index (χ2v) is 4.26. The third-order valence-corrected chi connectivity index (χ3v) is 3.03. The molecule has 1 aliphatic rings. The molecule has 1 aromatic heterocycles. The van der Waals surface area contributed by atoms with Crippen molar-refractivity contribution in [3.63, 3.8) is 0 Å². The average molecular weight is 273 g/mol. The van der Waals surface area contributed by atoms with Crippen LogP contribution in [0.4, 0.5) is 5.82 Å². The van der Waals surface area contributed by atoms with E-state index < -0.39 is 0 Å². The van der Waals surface area contributed by atoms with E-state index in [-0.39, 0.29) is 12.1 Å². The molecular formula is C9H13BrN4O. The number of ether oxygens (including phenoxy) is 1. The van der Waals surface area contributed by atoms with Crippen molar-refractivity contribution in [3.8, 4) is 0 Å². The summed E-state index contributed by atoms with van der Waals surface area (Å²) in [6.07, 6.45) is 3.43. The summed E-state index contributed by atoms with van der Waals surface area (Å²) in [5, 5.41) is 6.59. The quantitative estimate of drug-likeness (QED) is 0.846. The van der Waals surface area contributed by atoms with Crippen LogP contribution >= 0.6 is 15.9 Å². The molecule has 0 aromatic carbocycles. The molecule has 2 heterocycles. The van der Waals surface area contributed by atoms with Gasteiger partial charge >= 0.3 is 0 Å². The van der Waals surface area contributed by atoms with E-state index in [0.29, 0.717) is 0 Å². The number of halogens is 1. The molecule has 0 radical (unpaired) electrons. The van der Waals surface area contributed by atoms with Crippen LogP contribution in [0, 0.1) is 0 Å². The lowest BCUT2D eigenvalue weighted by molar-refractivity contribution is 0.111. The number of nitrogens with zero attached hydrogens (tertiary/aromatic N) is 2. The number of rotatable bonds is 3. The molecule has 0 amide bonds. The van der Waals surface area contributed by atoms with E-state index >= 15 is 0 Å². The van der Waals surface area contributed by atoms with Gasteiger partial charge in [0.05, 0.1) is 16.6 Å². The Morgan fingerprint density at radius 3 is 3.20 bits per heavy atom. The zero-order valence-corrected chi connectivity index (χ0v) is 9.99. The Kier molecular flexibility index (Phi) is 3.50. The molecule has 1 aliphatic heterocycles. The minimum atomic E-state index is 0.187. The molecule has 0 spiro atoms. The van der Waals surface area contributed by atoms with Crippen LogP contribution in [-0.2, 0) is 4.74 Å². The Hall–Kier alpha value is -0.720. The first-order chi connectivity index (χ1) is 7.31. The number of aromatic nitrogens is 2. The lowest BCUT2D eigenvalue weighted by Gasteiger charge is -2.19. The topological polar surface area (TPSA) is 59.1 Å². The molecule has 0 saturated carbocycles. The van der Waals surface area contributed by atoms with Gasteiger partial charge in [-0.2, -0.15) is 0 Å². The van der Waals surface area contributed by atoms with Crippen LogP contribution in [0.2, 0.25) is 0 Å². The van der Waals surface area contributed by atoms with Gasteiger partial charge in [-0.1, -0.05) is 0 Å². The van der Waals surface area contributed by atoms with E-state index in [1.54, 1.807) is 13.3 Å². The maximum absolute atomic E-state index is 5.35. The molecule has 2 N–H and O–H groups in total. The SMILES string of the molecule is CO[C@H]1CNCC1Nc1ncncc1Br. The monoisotopic (exact) mass is 272 g/mol. The van der Waals surface area contributed by atoms with Gasteiger partial charge in [0.25, 0.3) is 0 Å². The van der Waals surface area contributed by atoms with Crippen LogP contribution in [0.25, 0.3) is 0 Å². The smallest absolute Gasteiger partial charge is 0.144 e. The third-order valence-electron chi connectivity index (χ3n) is 2.45. The third kappa shape index (κ3) is 2.45. The van der Waals surface area contributed by atoms with Gasteiger partial charge in [0.15, 0.2) is 0 Å². The summed E-state index contributed by atoms with van der Waals surface area (Å²) in [6, 6.07) is 0.251. The van der Waals surface area contributed by atoms with Crippen molar-refractivity contribution in [1.29, 1.82) is 0 Å². The lowest BCUT2D eigenvalue weighted by atomic mass is 10.2. The molecule has 1 unspecified atom stereocenters. The maximum Gasteiger partial charge on any atom is 0.144 e. The zero-order chi connectivity index (χ0) is 10.7. The second kappa shape index (κ2) is 4.87. The van der Waals surface area contributed by atoms with Gasteiger partial charge < -0.3 is 15.4 Å². The minimum absolute atomic E-state index is 0.187. The highest BCUT2D eigenvalue weighted by Gasteiger charge is 2.27. The lowest BCUT2D eigenvalue weighted by Crippen LogP contribution is -2.34. The molecule has 2 rings (SSSR count). The summed E-state index contributed by atoms with van der Waals surface area (Å²) in [5.41, 5.74) is 0. The Bertz CT molecular complexity index is 336. The Morgan fingerprint density at radius 2 is 2.47 bits per heavy atom. The van der Waals surface area contributed by atoms with Gasteiger partial charge in [0, 0.05) is 26.4 Å². The highest BCUT2D eigenvalue weighted by Crippen LogP contribution is 2.19. The first kappa shape index (κ1) is 10.8. The van der Waals surface area contributed by atoms with Gasteiger partial charge in [-0.3, -0.25) is 0 Å². The van der Waals surface area contributed by atoms with Crippen LogP contribution < -0.4 is 10.6 Å². The van der Waals surface area contributed by atoms with E-state index in [1.165, 1.54) is 6.33 Å². The summed E-state index contributed by atoms with van der Waals surface area (Å²) in [6.45, 7) is 1.76. The Balaban J connectivity index is 2.05. The Morgan fingerprint density at radius 1 is 1.60 bits per heavy atom. The predicted molar refractivity (Wildman–Crippen MR) is 60.8 cm³/mol. The molecule has 1 saturated heterocycles. The fraction of sp³-hybridized carbons (Fsp3) is 0.556. The first-order valence-corrected chi connectivity index (χ1v) is 5.56. The summed E-state index contributed by atoms with van der Waals surface area (Å²) >= 11 is 3.40. The van der Waals surface area contributed by atoms with Gasteiger partial charge in [-0.15, -0.1) is 0 Å².